The minimum atomic E-state index is -4.78. The average Bonchev–Trinajstić information content (AvgIpc) is 2.69. The summed E-state index contributed by atoms with van der Waals surface area (Å²) in [4.78, 5) is 8.74. The van der Waals surface area contributed by atoms with Crippen molar-refractivity contribution in [2.75, 3.05) is 23.8 Å². The monoisotopic (exact) mass is 418 g/mol. The number of nitrogens with zero attached hydrogens (tertiary/aromatic N) is 2. The highest BCUT2D eigenvalue weighted by Gasteiger charge is 2.31. The van der Waals surface area contributed by atoms with E-state index in [-0.39, 0.29) is 24.8 Å². The highest BCUT2D eigenvalue weighted by atomic mass is 19.4. The number of ether oxygens (including phenoxy) is 1. The van der Waals surface area contributed by atoms with Gasteiger partial charge in [0, 0.05) is 23.9 Å². The van der Waals surface area contributed by atoms with Gasteiger partial charge in [0.1, 0.15) is 11.6 Å². The highest BCUT2D eigenvalue weighted by Crippen LogP contribution is 2.30. The number of aromatic nitrogens is 2. The number of alkyl halides is 3. The van der Waals surface area contributed by atoms with E-state index in [0.29, 0.717) is 17.1 Å². The molecule has 0 saturated heterocycles. The molecule has 3 aromatic rings. The first-order chi connectivity index (χ1) is 14.2. The van der Waals surface area contributed by atoms with Crippen molar-refractivity contribution in [2.24, 2.45) is 0 Å². The third-order valence-electron chi connectivity index (χ3n) is 4.35. The number of anilines is 3. The molecule has 3 rings (SSSR count). The minimum absolute atomic E-state index is 0.123. The Hall–Kier alpha value is -3.33. The minimum Gasteiger partial charge on any atom is -0.406 e. The summed E-state index contributed by atoms with van der Waals surface area (Å²) in [6.45, 7) is 4.07. The Morgan fingerprint density at radius 3 is 2.53 bits per heavy atom. The van der Waals surface area contributed by atoms with Gasteiger partial charge in [-0.15, -0.1) is 13.2 Å². The Balaban J connectivity index is 1.99. The molecule has 3 N–H and O–H groups in total. The van der Waals surface area contributed by atoms with Crippen LogP contribution in [0.4, 0.5) is 30.6 Å². The van der Waals surface area contributed by atoms with E-state index in [4.69, 9.17) is 5.11 Å². The van der Waals surface area contributed by atoms with E-state index in [1.54, 1.807) is 12.1 Å². The lowest BCUT2D eigenvalue weighted by atomic mass is 10.1. The molecule has 0 amide bonds. The number of aliphatic hydroxyl groups is 1. The van der Waals surface area contributed by atoms with Crippen LogP contribution in [0.2, 0.25) is 0 Å². The van der Waals surface area contributed by atoms with E-state index in [1.807, 2.05) is 32.0 Å². The number of aliphatic hydroxyl groups excluding tert-OH is 1. The van der Waals surface area contributed by atoms with Crippen LogP contribution in [0.1, 0.15) is 11.1 Å². The molecule has 1 heterocycles. The van der Waals surface area contributed by atoms with E-state index < -0.39 is 6.36 Å². The smallest absolute Gasteiger partial charge is 0.406 e. The van der Waals surface area contributed by atoms with Crippen molar-refractivity contribution < 1.29 is 23.0 Å². The largest absolute Gasteiger partial charge is 0.573 e. The van der Waals surface area contributed by atoms with E-state index in [1.165, 1.54) is 18.2 Å². The van der Waals surface area contributed by atoms with Gasteiger partial charge in [0.15, 0.2) is 0 Å². The molecule has 0 aliphatic carbocycles. The van der Waals surface area contributed by atoms with Crippen LogP contribution in [-0.2, 0) is 0 Å². The average molecular weight is 418 g/mol. The van der Waals surface area contributed by atoms with Crippen LogP contribution >= 0.6 is 0 Å². The van der Waals surface area contributed by atoms with Crippen LogP contribution < -0.4 is 15.4 Å². The Morgan fingerprint density at radius 2 is 1.80 bits per heavy atom. The lowest BCUT2D eigenvalue weighted by Gasteiger charge is -2.14. The number of rotatable bonds is 7. The molecule has 0 saturated carbocycles. The maximum absolute atomic E-state index is 12.6. The summed E-state index contributed by atoms with van der Waals surface area (Å²) in [5, 5.41) is 15.2. The van der Waals surface area contributed by atoms with Gasteiger partial charge in [-0.25, -0.2) is 4.98 Å². The van der Waals surface area contributed by atoms with E-state index in [9.17, 15) is 13.2 Å². The topological polar surface area (TPSA) is 79.3 Å². The number of aryl methyl sites for hydroxylation is 1. The zero-order chi connectivity index (χ0) is 21.7. The molecular weight excluding hydrogens is 397 g/mol. The summed E-state index contributed by atoms with van der Waals surface area (Å²) in [6.07, 6.45) is -4.78. The van der Waals surface area contributed by atoms with Crippen molar-refractivity contribution in [2.45, 2.75) is 20.2 Å². The summed E-state index contributed by atoms with van der Waals surface area (Å²) in [7, 11) is 0. The fourth-order valence-electron chi connectivity index (χ4n) is 2.78. The zero-order valence-corrected chi connectivity index (χ0v) is 16.4. The molecule has 0 unspecified atom stereocenters. The second-order valence-corrected chi connectivity index (χ2v) is 6.56. The second kappa shape index (κ2) is 9.00. The van der Waals surface area contributed by atoms with E-state index in [0.717, 1.165) is 16.8 Å². The SMILES string of the molecule is Cc1cccc(Nc2cc(-c3cccc(OC(F)(F)F)c3)nc(NCCO)n2)c1C. The predicted octanol–water partition coefficient (Wildman–Crippen LogP) is 4.81. The summed E-state index contributed by atoms with van der Waals surface area (Å²) in [6, 6.07) is 13.0. The molecule has 0 radical (unpaired) electrons. The number of nitrogens with one attached hydrogen (secondary N) is 2. The van der Waals surface area contributed by atoms with Gasteiger partial charge in [0.25, 0.3) is 0 Å². The highest BCUT2D eigenvalue weighted by molar-refractivity contribution is 5.69. The van der Waals surface area contributed by atoms with Crippen LogP contribution in [0.3, 0.4) is 0 Å². The Labute approximate surface area is 171 Å². The molecule has 0 bridgehead atoms. The normalized spacial score (nSPS) is 11.3. The van der Waals surface area contributed by atoms with Crippen LogP contribution in [0, 0.1) is 13.8 Å². The van der Waals surface area contributed by atoms with Gasteiger partial charge in [0.05, 0.1) is 12.3 Å². The summed E-state index contributed by atoms with van der Waals surface area (Å²) >= 11 is 0. The van der Waals surface area contributed by atoms with Crippen molar-refractivity contribution in [1.29, 1.82) is 0 Å². The van der Waals surface area contributed by atoms with Crippen molar-refractivity contribution in [3.8, 4) is 17.0 Å². The molecule has 9 heteroatoms. The first kappa shape index (κ1) is 21.4. The molecule has 6 nitrogen and oxygen atoms in total. The third-order valence-corrected chi connectivity index (χ3v) is 4.35. The predicted molar refractivity (Wildman–Crippen MR) is 109 cm³/mol. The lowest BCUT2D eigenvalue weighted by molar-refractivity contribution is -0.274. The van der Waals surface area contributed by atoms with E-state index in [2.05, 4.69) is 25.3 Å². The molecule has 0 aliphatic heterocycles. The first-order valence-electron chi connectivity index (χ1n) is 9.18. The molecule has 0 fully saturated rings. The lowest BCUT2D eigenvalue weighted by Crippen LogP contribution is -2.17. The molecule has 0 spiro atoms. The Kier molecular flexibility index (Phi) is 6.41. The maximum atomic E-state index is 12.6. The quantitative estimate of drug-likeness (QED) is 0.511. The summed E-state index contributed by atoms with van der Waals surface area (Å²) < 4.78 is 41.7. The maximum Gasteiger partial charge on any atom is 0.573 e. The van der Waals surface area contributed by atoms with Crippen molar-refractivity contribution >= 4 is 17.5 Å². The van der Waals surface area contributed by atoms with Crippen molar-refractivity contribution in [1.82, 2.24) is 9.97 Å². The molecular formula is C21H21F3N4O2. The molecule has 0 atom stereocenters. The van der Waals surface area contributed by atoms with Crippen LogP contribution in [0.5, 0.6) is 5.75 Å². The first-order valence-corrected chi connectivity index (χ1v) is 9.18. The zero-order valence-electron chi connectivity index (χ0n) is 16.4. The van der Waals surface area contributed by atoms with Gasteiger partial charge in [-0.1, -0.05) is 24.3 Å². The van der Waals surface area contributed by atoms with E-state index >= 15 is 0 Å². The summed E-state index contributed by atoms with van der Waals surface area (Å²) in [5.74, 6) is 0.347. The van der Waals surface area contributed by atoms with Gasteiger partial charge >= 0.3 is 6.36 Å². The Bertz CT molecular complexity index is 1030. The van der Waals surface area contributed by atoms with Crippen LogP contribution in [-0.4, -0.2) is 34.6 Å². The van der Waals surface area contributed by atoms with Crippen LogP contribution in [0.25, 0.3) is 11.3 Å². The molecule has 0 aliphatic rings. The van der Waals surface area contributed by atoms with Crippen molar-refractivity contribution in [3.05, 3.63) is 59.7 Å². The molecule has 1 aromatic heterocycles. The number of hydrogen-bond donors (Lipinski definition) is 3. The van der Waals surface area contributed by atoms with Crippen LogP contribution in [0.15, 0.2) is 48.5 Å². The third kappa shape index (κ3) is 5.60. The molecule has 30 heavy (non-hydrogen) atoms. The Morgan fingerprint density at radius 1 is 1.03 bits per heavy atom. The molecule has 158 valence electrons. The second-order valence-electron chi connectivity index (χ2n) is 6.56. The number of hydrogen-bond acceptors (Lipinski definition) is 6. The fraction of sp³-hybridized carbons (Fsp3) is 0.238. The number of halogens is 3. The number of benzene rings is 2. The standard InChI is InChI=1S/C21H21F3N4O2/c1-13-5-3-8-17(14(13)2)26-19-12-18(27-20(28-19)25-9-10-29)15-6-4-7-16(11-15)30-21(22,23)24/h3-8,11-12,29H,9-10H2,1-2H3,(H2,25,26,27,28). The van der Waals surface area contributed by atoms with Gasteiger partial charge in [-0.2, -0.15) is 4.98 Å². The van der Waals surface area contributed by atoms with Gasteiger partial charge in [-0.05, 0) is 43.2 Å². The molecule has 2 aromatic carbocycles. The fourth-order valence-corrected chi connectivity index (χ4v) is 2.78. The van der Waals surface area contributed by atoms with Crippen molar-refractivity contribution in [3.63, 3.8) is 0 Å². The summed E-state index contributed by atoms with van der Waals surface area (Å²) in [5.41, 5.74) is 3.82. The van der Waals surface area contributed by atoms with Gasteiger partial charge in [0.2, 0.25) is 5.95 Å². The van der Waals surface area contributed by atoms with Gasteiger partial charge in [-0.3, -0.25) is 0 Å². The van der Waals surface area contributed by atoms with Gasteiger partial charge < -0.3 is 20.5 Å².